The van der Waals surface area contributed by atoms with Crippen LogP contribution < -0.4 is 10.6 Å². The summed E-state index contributed by atoms with van der Waals surface area (Å²) in [6.07, 6.45) is 1.67. The number of nitrogens with zero attached hydrogens (tertiary/aromatic N) is 2. The first-order chi connectivity index (χ1) is 15.1. The molecule has 6 nitrogen and oxygen atoms in total. The molecule has 0 aliphatic carbocycles. The molecule has 2 N–H and O–H groups in total. The average molecular weight is 435 g/mol. The second kappa shape index (κ2) is 9.85. The number of hydrogen-bond acceptors (Lipinski definition) is 5. The number of benzene rings is 2. The van der Waals surface area contributed by atoms with Gasteiger partial charge in [-0.15, -0.1) is 11.3 Å². The molecule has 1 saturated heterocycles. The van der Waals surface area contributed by atoms with Crippen molar-refractivity contribution in [3.63, 3.8) is 0 Å². The normalized spacial score (nSPS) is 14.9. The van der Waals surface area contributed by atoms with Crippen LogP contribution >= 0.6 is 11.3 Å². The Labute approximate surface area is 186 Å². The lowest BCUT2D eigenvalue weighted by atomic mass is 10.0. The van der Waals surface area contributed by atoms with Crippen molar-refractivity contribution >= 4 is 28.8 Å². The van der Waals surface area contributed by atoms with Crippen LogP contribution in [-0.2, 0) is 4.79 Å². The molecule has 160 valence electrons. The molecule has 0 unspecified atom stereocenters. The second-order valence-corrected chi connectivity index (χ2v) is 8.64. The lowest BCUT2D eigenvalue weighted by molar-refractivity contribution is -0.117. The van der Waals surface area contributed by atoms with Crippen LogP contribution in [0.15, 0.2) is 60.1 Å². The van der Waals surface area contributed by atoms with E-state index < -0.39 is 0 Å². The summed E-state index contributed by atoms with van der Waals surface area (Å²) in [5, 5.41) is 6.08. The van der Waals surface area contributed by atoms with Crippen LogP contribution in [0.4, 0.5) is 5.69 Å². The number of thiazole rings is 1. The van der Waals surface area contributed by atoms with Gasteiger partial charge in [0.1, 0.15) is 4.88 Å². The highest BCUT2D eigenvalue weighted by Crippen LogP contribution is 2.21. The van der Waals surface area contributed by atoms with Crippen molar-refractivity contribution in [3.8, 4) is 11.1 Å². The molecule has 0 saturated carbocycles. The summed E-state index contributed by atoms with van der Waals surface area (Å²) in [7, 11) is 0. The van der Waals surface area contributed by atoms with Crippen LogP contribution in [0.25, 0.3) is 11.1 Å². The summed E-state index contributed by atoms with van der Waals surface area (Å²) in [4.78, 5) is 31.8. The third-order valence-corrected chi connectivity index (χ3v) is 6.44. The van der Waals surface area contributed by atoms with Gasteiger partial charge < -0.3 is 10.6 Å². The summed E-state index contributed by atoms with van der Waals surface area (Å²) >= 11 is 1.37. The summed E-state index contributed by atoms with van der Waals surface area (Å²) in [5.41, 5.74) is 5.54. The fourth-order valence-corrected chi connectivity index (χ4v) is 4.49. The molecule has 1 aliphatic heterocycles. The molecule has 0 bridgehead atoms. The van der Waals surface area contributed by atoms with Gasteiger partial charge in [-0.25, -0.2) is 4.98 Å². The highest BCUT2D eigenvalue weighted by molar-refractivity contribution is 7.11. The van der Waals surface area contributed by atoms with Crippen molar-refractivity contribution in [2.24, 2.45) is 0 Å². The molecule has 2 amide bonds. The molecule has 0 atom stereocenters. The maximum atomic E-state index is 12.5. The van der Waals surface area contributed by atoms with Gasteiger partial charge in [0.15, 0.2) is 0 Å². The quantitative estimate of drug-likeness (QED) is 0.616. The fourth-order valence-electron chi connectivity index (χ4n) is 3.79. The molecule has 1 fully saturated rings. The van der Waals surface area contributed by atoms with Crippen molar-refractivity contribution < 1.29 is 9.59 Å². The molecule has 0 spiro atoms. The van der Waals surface area contributed by atoms with Crippen LogP contribution in [0.3, 0.4) is 0 Å². The maximum absolute atomic E-state index is 12.5. The molecule has 31 heavy (non-hydrogen) atoms. The van der Waals surface area contributed by atoms with E-state index >= 15 is 0 Å². The number of piperidine rings is 1. The number of anilines is 1. The van der Waals surface area contributed by atoms with Crippen LogP contribution in [0, 0.1) is 6.92 Å². The first kappa shape index (κ1) is 21.2. The monoisotopic (exact) mass is 434 g/mol. The van der Waals surface area contributed by atoms with E-state index in [9.17, 15) is 9.59 Å². The van der Waals surface area contributed by atoms with E-state index in [4.69, 9.17) is 0 Å². The zero-order valence-electron chi connectivity index (χ0n) is 17.5. The van der Waals surface area contributed by atoms with Crippen LogP contribution in [-0.4, -0.2) is 47.4 Å². The summed E-state index contributed by atoms with van der Waals surface area (Å²) in [6, 6.07) is 18.2. The summed E-state index contributed by atoms with van der Waals surface area (Å²) in [6.45, 7) is 3.77. The van der Waals surface area contributed by atoms with Gasteiger partial charge >= 0.3 is 0 Å². The first-order valence-electron chi connectivity index (χ1n) is 10.5. The first-order valence-corrected chi connectivity index (χ1v) is 11.3. The van der Waals surface area contributed by atoms with Gasteiger partial charge in [-0.2, -0.15) is 0 Å². The molecule has 1 aliphatic rings. The minimum Gasteiger partial charge on any atom is -0.348 e. The van der Waals surface area contributed by atoms with E-state index in [1.165, 1.54) is 11.3 Å². The van der Waals surface area contributed by atoms with Gasteiger partial charge in [-0.05, 0) is 43.0 Å². The van der Waals surface area contributed by atoms with Gasteiger partial charge in [0.05, 0.1) is 17.7 Å². The minimum absolute atomic E-state index is 0.0183. The number of hydrogen-bond donors (Lipinski definition) is 2. The summed E-state index contributed by atoms with van der Waals surface area (Å²) < 4.78 is 0. The van der Waals surface area contributed by atoms with E-state index in [1.54, 1.807) is 5.51 Å². The van der Waals surface area contributed by atoms with Gasteiger partial charge in [-0.1, -0.05) is 42.5 Å². The molecular formula is C24H26N4O2S. The number of likely N-dealkylation sites (tertiary alicyclic amines) is 1. The Morgan fingerprint density at radius 3 is 2.35 bits per heavy atom. The van der Waals surface area contributed by atoms with Crippen molar-refractivity contribution in [1.82, 2.24) is 15.2 Å². The standard InChI is InChI=1S/C24H26N4O2S/c1-17-23(31-16-25-17)24(30)27-21-11-13-28(14-12-21)15-22(29)26-20-9-7-19(8-10-20)18-5-3-2-4-6-18/h2-10,16,21H,11-15H2,1H3,(H,26,29)(H,27,30). The van der Waals surface area contributed by atoms with E-state index in [0.717, 1.165) is 48.4 Å². The van der Waals surface area contributed by atoms with Gasteiger partial charge in [0.25, 0.3) is 5.91 Å². The van der Waals surface area contributed by atoms with Crippen LogP contribution in [0.2, 0.25) is 0 Å². The number of nitrogens with one attached hydrogen (secondary N) is 2. The molecule has 0 radical (unpaired) electrons. The van der Waals surface area contributed by atoms with E-state index in [0.29, 0.717) is 11.4 Å². The Bertz CT molecular complexity index is 1030. The molecule has 3 aromatic rings. The smallest absolute Gasteiger partial charge is 0.263 e. The molecular weight excluding hydrogens is 408 g/mol. The second-order valence-electron chi connectivity index (χ2n) is 7.78. The Hall–Kier alpha value is -3.03. The number of amides is 2. The molecule has 7 heteroatoms. The number of carbonyl (C=O) groups excluding carboxylic acids is 2. The fraction of sp³-hybridized carbons (Fsp3) is 0.292. The lowest BCUT2D eigenvalue weighted by Gasteiger charge is -2.31. The summed E-state index contributed by atoms with van der Waals surface area (Å²) in [5.74, 6) is -0.0645. The lowest BCUT2D eigenvalue weighted by Crippen LogP contribution is -2.46. The van der Waals surface area contributed by atoms with Crippen LogP contribution in [0.1, 0.15) is 28.2 Å². The zero-order valence-corrected chi connectivity index (χ0v) is 18.3. The van der Waals surface area contributed by atoms with Gasteiger partial charge in [0, 0.05) is 24.8 Å². The largest absolute Gasteiger partial charge is 0.348 e. The molecule has 2 aromatic carbocycles. The number of aryl methyl sites for hydroxylation is 1. The Balaban J connectivity index is 1.22. The van der Waals surface area contributed by atoms with Gasteiger partial charge in [-0.3, -0.25) is 14.5 Å². The minimum atomic E-state index is -0.0462. The third kappa shape index (κ3) is 5.57. The predicted molar refractivity (Wildman–Crippen MR) is 124 cm³/mol. The third-order valence-electron chi connectivity index (χ3n) is 5.52. The molecule has 4 rings (SSSR count). The molecule has 1 aromatic heterocycles. The SMILES string of the molecule is Cc1ncsc1C(=O)NC1CCN(CC(=O)Nc2ccc(-c3ccccc3)cc2)CC1. The number of aromatic nitrogens is 1. The van der Waals surface area contributed by atoms with Crippen molar-refractivity contribution in [3.05, 3.63) is 70.7 Å². The average Bonchev–Trinajstić information content (AvgIpc) is 3.22. The van der Waals surface area contributed by atoms with Crippen molar-refractivity contribution in [2.75, 3.05) is 25.0 Å². The van der Waals surface area contributed by atoms with Gasteiger partial charge in [0.2, 0.25) is 5.91 Å². The number of rotatable bonds is 6. The number of carbonyl (C=O) groups is 2. The topological polar surface area (TPSA) is 74.3 Å². The highest BCUT2D eigenvalue weighted by Gasteiger charge is 2.23. The van der Waals surface area contributed by atoms with E-state index in [1.807, 2.05) is 49.4 Å². The Morgan fingerprint density at radius 2 is 1.71 bits per heavy atom. The zero-order chi connectivity index (χ0) is 21.6. The van der Waals surface area contributed by atoms with Crippen LogP contribution in [0.5, 0.6) is 0 Å². The highest BCUT2D eigenvalue weighted by atomic mass is 32.1. The van der Waals surface area contributed by atoms with Crippen molar-refractivity contribution in [2.45, 2.75) is 25.8 Å². The van der Waals surface area contributed by atoms with E-state index in [-0.39, 0.29) is 17.9 Å². The Morgan fingerprint density at radius 1 is 1.03 bits per heavy atom. The predicted octanol–water partition coefficient (Wildman–Crippen LogP) is 3.95. The van der Waals surface area contributed by atoms with E-state index in [2.05, 4.69) is 32.7 Å². The maximum Gasteiger partial charge on any atom is 0.263 e. The van der Waals surface area contributed by atoms with Crippen molar-refractivity contribution in [1.29, 1.82) is 0 Å². The Kier molecular flexibility index (Phi) is 6.74. The molecule has 2 heterocycles.